The molecule has 2 aromatic carbocycles. The smallest absolute Gasteiger partial charge is 0.240 e. The Bertz CT molecular complexity index is 805. The number of hydrogen-bond acceptors (Lipinski definition) is 3. The van der Waals surface area contributed by atoms with Crippen molar-refractivity contribution < 1.29 is 4.79 Å². The molecule has 0 bridgehead atoms. The fourth-order valence-electron chi connectivity index (χ4n) is 2.50. The summed E-state index contributed by atoms with van der Waals surface area (Å²) in [6.07, 6.45) is 0. The molecule has 3 N–H and O–H groups in total. The predicted octanol–water partition coefficient (Wildman–Crippen LogP) is 2.91. The highest BCUT2D eigenvalue weighted by Crippen LogP contribution is 2.13. The van der Waals surface area contributed by atoms with Gasteiger partial charge in [-0.15, -0.1) is 0 Å². The van der Waals surface area contributed by atoms with Crippen LogP contribution in [0.1, 0.15) is 16.7 Å². The third-order valence-corrected chi connectivity index (χ3v) is 3.97. The lowest BCUT2D eigenvalue weighted by atomic mass is 10.0. The van der Waals surface area contributed by atoms with E-state index in [2.05, 4.69) is 46.6 Å². The number of anilines is 1. The first-order valence-corrected chi connectivity index (χ1v) is 7.64. The Balaban J connectivity index is 1.54. The minimum atomic E-state index is -0.116. The minimum absolute atomic E-state index is 0.116. The number of H-pyrrole nitrogens is 1. The number of aromatic nitrogens is 2. The summed E-state index contributed by atoms with van der Waals surface area (Å²) in [5, 5.41) is 5.95. The van der Waals surface area contributed by atoms with Crippen molar-refractivity contribution in [1.29, 1.82) is 0 Å². The second-order valence-corrected chi connectivity index (χ2v) is 5.61. The van der Waals surface area contributed by atoms with Crippen LogP contribution in [-0.4, -0.2) is 22.4 Å². The zero-order valence-corrected chi connectivity index (χ0v) is 13.3. The van der Waals surface area contributed by atoms with Gasteiger partial charge in [-0.1, -0.05) is 30.3 Å². The van der Waals surface area contributed by atoms with Crippen LogP contribution in [0.25, 0.3) is 11.0 Å². The van der Waals surface area contributed by atoms with Crippen LogP contribution < -0.4 is 10.6 Å². The molecule has 0 atom stereocenters. The highest BCUT2D eigenvalue weighted by Gasteiger charge is 2.07. The molecular weight excluding hydrogens is 288 g/mol. The van der Waals surface area contributed by atoms with Crippen LogP contribution in [-0.2, 0) is 11.3 Å². The van der Waals surface area contributed by atoms with Gasteiger partial charge < -0.3 is 10.3 Å². The zero-order valence-electron chi connectivity index (χ0n) is 13.3. The number of aryl methyl sites for hydroxylation is 1. The molecule has 1 heterocycles. The minimum Gasteiger partial charge on any atom is -0.324 e. The van der Waals surface area contributed by atoms with Gasteiger partial charge in [-0.25, -0.2) is 4.98 Å². The van der Waals surface area contributed by atoms with Gasteiger partial charge in [0.15, 0.2) is 0 Å². The van der Waals surface area contributed by atoms with Crippen molar-refractivity contribution in [3.8, 4) is 0 Å². The molecule has 0 aliphatic rings. The number of imidazole rings is 1. The summed E-state index contributed by atoms with van der Waals surface area (Å²) in [6.45, 7) is 5.10. The van der Waals surface area contributed by atoms with Gasteiger partial charge in [0.05, 0.1) is 17.6 Å². The van der Waals surface area contributed by atoms with Gasteiger partial charge in [0, 0.05) is 6.54 Å². The first kappa shape index (κ1) is 15.2. The number of carbonyl (C=O) groups is 1. The summed E-state index contributed by atoms with van der Waals surface area (Å²) in [7, 11) is 0. The molecule has 23 heavy (non-hydrogen) atoms. The molecule has 3 aromatic rings. The Morgan fingerprint density at radius 2 is 1.96 bits per heavy atom. The molecule has 0 aliphatic heterocycles. The van der Waals surface area contributed by atoms with E-state index in [0.717, 1.165) is 11.0 Å². The average Bonchev–Trinajstić information content (AvgIpc) is 2.93. The summed E-state index contributed by atoms with van der Waals surface area (Å²) >= 11 is 0. The van der Waals surface area contributed by atoms with Crippen molar-refractivity contribution in [1.82, 2.24) is 15.3 Å². The maximum Gasteiger partial charge on any atom is 0.240 e. The van der Waals surface area contributed by atoms with Crippen molar-refractivity contribution in [2.45, 2.75) is 20.4 Å². The molecule has 5 nitrogen and oxygen atoms in total. The standard InChI is InChI=1S/C18H20N4O/c1-12-6-5-7-14(13(12)2)10-19-11-17(23)22-18-20-15-8-3-4-9-16(15)21-18/h3-9,19H,10-11H2,1-2H3,(H2,20,21,22,23). The van der Waals surface area contributed by atoms with Crippen LogP contribution >= 0.6 is 0 Å². The molecule has 0 saturated heterocycles. The molecule has 0 spiro atoms. The van der Waals surface area contributed by atoms with Gasteiger partial charge >= 0.3 is 0 Å². The number of carbonyl (C=O) groups excluding carboxylic acids is 1. The van der Waals surface area contributed by atoms with Gasteiger partial charge in [-0.05, 0) is 42.7 Å². The molecule has 0 unspecified atom stereocenters. The summed E-state index contributed by atoms with van der Waals surface area (Å²) in [6, 6.07) is 13.9. The predicted molar refractivity (Wildman–Crippen MR) is 92.3 cm³/mol. The number of rotatable bonds is 5. The van der Waals surface area contributed by atoms with Gasteiger partial charge in [0.25, 0.3) is 0 Å². The summed E-state index contributed by atoms with van der Waals surface area (Å²) in [5.74, 6) is 0.360. The molecule has 5 heteroatoms. The Hall–Kier alpha value is -2.66. The second-order valence-electron chi connectivity index (χ2n) is 5.61. The number of benzene rings is 2. The Morgan fingerprint density at radius 3 is 2.78 bits per heavy atom. The average molecular weight is 308 g/mol. The molecule has 1 aromatic heterocycles. The lowest BCUT2D eigenvalue weighted by Crippen LogP contribution is -2.28. The van der Waals surface area contributed by atoms with E-state index in [1.807, 2.05) is 30.3 Å². The lowest BCUT2D eigenvalue weighted by Gasteiger charge is -2.09. The molecule has 1 amide bonds. The molecule has 0 saturated carbocycles. The number of nitrogens with one attached hydrogen (secondary N) is 3. The molecule has 118 valence electrons. The first-order chi connectivity index (χ1) is 11.1. The van der Waals surface area contributed by atoms with Crippen LogP contribution in [0.5, 0.6) is 0 Å². The van der Waals surface area contributed by atoms with E-state index >= 15 is 0 Å². The third kappa shape index (κ3) is 3.57. The fraction of sp³-hybridized carbons (Fsp3) is 0.222. The Labute approximate surface area is 135 Å². The number of hydrogen-bond donors (Lipinski definition) is 3. The first-order valence-electron chi connectivity index (χ1n) is 7.64. The maximum absolute atomic E-state index is 12.0. The van der Waals surface area contributed by atoms with E-state index in [4.69, 9.17) is 0 Å². The molecule has 0 aliphatic carbocycles. The van der Waals surface area contributed by atoms with E-state index in [0.29, 0.717) is 12.5 Å². The molecule has 0 radical (unpaired) electrons. The number of para-hydroxylation sites is 2. The number of aromatic amines is 1. The van der Waals surface area contributed by atoms with E-state index in [1.54, 1.807) is 0 Å². The zero-order chi connectivity index (χ0) is 16.2. The number of nitrogens with zero attached hydrogens (tertiary/aromatic N) is 1. The Morgan fingerprint density at radius 1 is 1.13 bits per heavy atom. The van der Waals surface area contributed by atoms with Crippen molar-refractivity contribution in [2.75, 3.05) is 11.9 Å². The Kier molecular flexibility index (Phi) is 4.39. The van der Waals surface area contributed by atoms with Gasteiger partial charge in [-0.3, -0.25) is 10.1 Å². The molecule has 3 rings (SSSR count). The normalized spacial score (nSPS) is 10.9. The SMILES string of the molecule is Cc1cccc(CNCC(=O)Nc2nc3ccccc3[nH]2)c1C. The molecule has 0 fully saturated rings. The van der Waals surface area contributed by atoms with Crippen LogP contribution in [0.15, 0.2) is 42.5 Å². The highest BCUT2D eigenvalue weighted by atomic mass is 16.2. The van der Waals surface area contributed by atoms with E-state index in [1.165, 1.54) is 16.7 Å². The summed E-state index contributed by atoms with van der Waals surface area (Å²) in [4.78, 5) is 19.4. The van der Waals surface area contributed by atoms with Crippen LogP contribution in [0, 0.1) is 13.8 Å². The summed E-state index contributed by atoms with van der Waals surface area (Å²) < 4.78 is 0. The quantitative estimate of drug-likeness (QED) is 0.679. The molecular formula is C18H20N4O. The third-order valence-electron chi connectivity index (χ3n) is 3.97. The van der Waals surface area contributed by atoms with Gasteiger partial charge in [0.1, 0.15) is 0 Å². The van der Waals surface area contributed by atoms with Crippen molar-refractivity contribution in [2.24, 2.45) is 0 Å². The maximum atomic E-state index is 12.0. The largest absolute Gasteiger partial charge is 0.324 e. The van der Waals surface area contributed by atoms with Crippen molar-refractivity contribution in [3.63, 3.8) is 0 Å². The highest BCUT2D eigenvalue weighted by molar-refractivity contribution is 5.92. The van der Waals surface area contributed by atoms with E-state index in [-0.39, 0.29) is 12.5 Å². The lowest BCUT2D eigenvalue weighted by molar-refractivity contribution is -0.115. The monoisotopic (exact) mass is 308 g/mol. The van der Waals surface area contributed by atoms with Gasteiger partial charge in [0.2, 0.25) is 11.9 Å². The van der Waals surface area contributed by atoms with Crippen molar-refractivity contribution in [3.05, 3.63) is 59.2 Å². The van der Waals surface area contributed by atoms with Crippen LogP contribution in [0.3, 0.4) is 0 Å². The second kappa shape index (κ2) is 6.62. The van der Waals surface area contributed by atoms with Crippen LogP contribution in [0.4, 0.5) is 5.95 Å². The fourth-order valence-corrected chi connectivity index (χ4v) is 2.50. The number of fused-ring (bicyclic) bond motifs is 1. The van der Waals surface area contributed by atoms with Gasteiger partial charge in [-0.2, -0.15) is 0 Å². The van der Waals surface area contributed by atoms with Crippen LogP contribution in [0.2, 0.25) is 0 Å². The van der Waals surface area contributed by atoms with Crippen molar-refractivity contribution >= 4 is 22.9 Å². The van der Waals surface area contributed by atoms with E-state index in [9.17, 15) is 4.79 Å². The topological polar surface area (TPSA) is 69.8 Å². The van der Waals surface area contributed by atoms with E-state index < -0.39 is 0 Å². The number of amides is 1. The summed E-state index contributed by atoms with van der Waals surface area (Å²) in [5.41, 5.74) is 5.48.